The van der Waals surface area contributed by atoms with Crippen molar-refractivity contribution >= 4 is 33.2 Å². The van der Waals surface area contributed by atoms with Gasteiger partial charge in [0, 0.05) is 34.9 Å². The molecule has 1 atom stereocenters. The summed E-state index contributed by atoms with van der Waals surface area (Å²) in [6.45, 7) is 1.51. The highest BCUT2D eigenvalue weighted by molar-refractivity contribution is 9.10. The minimum atomic E-state index is 0.0756. The predicted octanol–water partition coefficient (Wildman–Crippen LogP) is 4.66. The van der Waals surface area contributed by atoms with E-state index in [1.807, 2.05) is 46.0 Å². The molecule has 0 saturated carbocycles. The molecule has 1 aliphatic rings. The number of amides is 1. The molecule has 5 nitrogen and oxygen atoms in total. The Morgan fingerprint density at radius 3 is 3.04 bits per heavy atom. The number of rotatable bonds is 4. The Kier molecular flexibility index (Phi) is 5.17. The van der Waals surface area contributed by atoms with Crippen LogP contribution in [0.2, 0.25) is 0 Å². The summed E-state index contributed by atoms with van der Waals surface area (Å²) < 4.78 is 6.26. The van der Waals surface area contributed by atoms with Gasteiger partial charge in [-0.1, -0.05) is 17.3 Å². The molecule has 1 fully saturated rings. The molecular formula is C19H18BrN3O2S. The lowest BCUT2D eigenvalue weighted by Gasteiger charge is -2.32. The van der Waals surface area contributed by atoms with Gasteiger partial charge >= 0.3 is 0 Å². The van der Waals surface area contributed by atoms with Gasteiger partial charge in [0.15, 0.2) is 0 Å². The molecule has 26 heavy (non-hydrogen) atoms. The molecule has 0 N–H and O–H groups in total. The standard InChI is InChI=1S/C19H18BrN3O2S/c20-16-6-2-1-5-15(16)19(24)23-8-3-4-13(11-23)10-17-21-18(22-25-17)14-7-9-26-12-14/h1-2,5-7,9,12-13H,3-4,8,10-11H2/t13-/m0/s1. The van der Waals surface area contributed by atoms with Gasteiger partial charge in [-0.15, -0.1) is 0 Å². The normalized spacial score (nSPS) is 17.4. The second-order valence-corrected chi connectivity index (χ2v) is 8.10. The Balaban J connectivity index is 1.42. The van der Waals surface area contributed by atoms with Gasteiger partial charge in [0.2, 0.25) is 11.7 Å². The molecule has 134 valence electrons. The number of aromatic nitrogens is 2. The number of thiophene rings is 1. The third-order valence-corrected chi connectivity index (χ3v) is 6.00. The zero-order valence-electron chi connectivity index (χ0n) is 14.1. The predicted molar refractivity (Wildman–Crippen MR) is 104 cm³/mol. The SMILES string of the molecule is O=C(c1ccccc1Br)N1CCC[C@@H](Cc2nc(-c3ccsc3)no2)C1. The van der Waals surface area contributed by atoms with Crippen LogP contribution in [0.5, 0.6) is 0 Å². The van der Waals surface area contributed by atoms with Crippen LogP contribution in [0, 0.1) is 5.92 Å². The highest BCUT2D eigenvalue weighted by atomic mass is 79.9. The number of hydrogen-bond acceptors (Lipinski definition) is 5. The van der Waals surface area contributed by atoms with E-state index in [0.29, 0.717) is 29.6 Å². The maximum absolute atomic E-state index is 12.8. The number of carbonyl (C=O) groups is 1. The topological polar surface area (TPSA) is 59.2 Å². The molecule has 0 radical (unpaired) electrons. The Morgan fingerprint density at radius 1 is 1.35 bits per heavy atom. The average Bonchev–Trinajstić information content (AvgIpc) is 3.33. The van der Waals surface area contributed by atoms with E-state index in [-0.39, 0.29) is 5.91 Å². The highest BCUT2D eigenvalue weighted by Crippen LogP contribution is 2.25. The second kappa shape index (κ2) is 7.72. The molecule has 2 aromatic heterocycles. The van der Waals surface area contributed by atoms with Crippen LogP contribution in [-0.2, 0) is 6.42 Å². The first kappa shape index (κ1) is 17.4. The summed E-state index contributed by atoms with van der Waals surface area (Å²) >= 11 is 5.09. The van der Waals surface area contributed by atoms with Crippen LogP contribution in [0.15, 0.2) is 50.1 Å². The molecule has 1 aromatic carbocycles. The van der Waals surface area contributed by atoms with Gasteiger partial charge in [-0.05, 0) is 58.3 Å². The van der Waals surface area contributed by atoms with Crippen LogP contribution in [0.4, 0.5) is 0 Å². The Bertz CT molecular complexity index is 894. The van der Waals surface area contributed by atoms with Crippen molar-refractivity contribution in [2.45, 2.75) is 19.3 Å². The van der Waals surface area contributed by atoms with E-state index < -0.39 is 0 Å². The van der Waals surface area contributed by atoms with Crippen LogP contribution in [-0.4, -0.2) is 34.0 Å². The second-order valence-electron chi connectivity index (χ2n) is 6.47. The first-order chi connectivity index (χ1) is 12.7. The highest BCUT2D eigenvalue weighted by Gasteiger charge is 2.27. The van der Waals surface area contributed by atoms with Crippen molar-refractivity contribution in [2.24, 2.45) is 5.92 Å². The summed E-state index contributed by atoms with van der Waals surface area (Å²) in [7, 11) is 0. The lowest BCUT2D eigenvalue weighted by atomic mass is 9.94. The van der Waals surface area contributed by atoms with E-state index in [0.717, 1.165) is 36.0 Å². The Labute approximate surface area is 164 Å². The van der Waals surface area contributed by atoms with Gasteiger partial charge in [0.25, 0.3) is 5.91 Å². The molecule has 0 spiro atoms. The summed E-state index contributed by atoms with van der Waals surface area (Å²) in [5.41, 5.74) is 1.70. The lowest BCUT2D eigenvalue weighted by molar-refractivity contribution is 0.0667. The number of halogens is 1. The van der Waals surface area contributed by atoms with E-state index >= 15 is 0 Å². The average molecular weight is 432 g/mol. The van der Waals surface area contributed by atoms with E-state index in [1.54, 1.807) is 11.3 Å². The molecule has 7 heteroatoms. The molecule has 3 aromatic rings. The summed E-state index contributed by atoms with van der Waals surface area (Å²) in [6.07, 6.45) is 2.76. The van der Waals surface area contributed by atoms with Crippen LogP contribution in [0.25, 0.3) is 11.4 Å². The molecule has 1 aliphatic heterocycles. The van der Waals surface area contributed by atoms with E-state index in [2.05, 4.69) is 26.1 Å². The summed E-state index contributed by atoms with van der Waals surface area (Å²) in [6, 6.07) is 9.56. The third-order valence-electron chi connectivity index (χ3n) is 4.62. The van der Waals surface area contributed by atoms with Crippen molar-refractivity contribution in [2.75, 3.05) is 13.1 Å². The molecule has 1 saturated heterocycles. The number of hydrogen-bond donors (Lipinski definition) is 0. The van der Waals surface area contributed by atoms with Gasteiger partial charge in [0.1, 0.15) is 0 Å². The third kappa shape index (κ3) is 3.73. The molecule has 1 amide bonds. The first-order valence-corrected chi connectivity index (χ1v) is 10.3. The molecule has 4 rings (SSSR count). The van der Waals surface area contributed by atoms with Crippen molar-refractivity contribution in [3.8, 4) is 11.4 Å². The lowest BCUT2D eigenvalue weighted by Crippen LogP contribution is -2.40. The molecule has 0 unspecified atom stereocenters. The molecular weight excluding hydrogens is 414 g/mol. The fourth-order valence-corrected chi connectivity index (χ4v) is 4.40. The Morgan fingerprint density at radius 2 is 2.23 bits per heavy atom. The number of piperidine rings is 1. The van der Waals surface area contributed by atoms with Crippen LogP contribution >= 0.6 is 27.3 Å². The minimum absolute atomic E-state index is 0.0756. The van der Waals surface area contributed by atoms with Crippen LogP contribution in [0.1, 0.15) is 29.1 Å². The molecule has 3 heterocycles. The van der Waals surface area contributed by atoms with Gasteiger partial charge in [-0.2, -0.15) is 16.3 Å². The molecule has 0 bridgehead atoms. The van der Waals surface area contributed by atoms with Gasteiger partial charge in [-0.25, -0.2) is 0 Å². The van der Waals surface area contributed by atoms with Gasteiger partial charge in [-0.3, -0.25) is 4.79 Å². The zero-order valence-corrected chi connectivity index (χ0v) is 16.5. The van der Waals surface area contributed by atoms with E-state index in [1.165, 1.54) is 0 Å². The van der Waals surface area contributed by atoms with Crippen molar-refractivity contribution in [3.63, 3.8) is 0 Å². The largest absolute Gasteiger partial charge is 0.339 e. The first-order valence-electron chi connectivity index (χ1n) is 8.59. The maximum Gasteiger partial charge on any atom is 0.255 e. The van der Waals surface area contributed by atoms with Crippen LogP contribution in [0.3, 0.4) is 0 Å². The zero-order chi connectivity index (χ0) is 17.9. The summed E-state index contributed by atoms with van der Waals surface area (Å²) in [5, 5.41) is 8.08. The number of benzene rings is 1. The monoisotopic (exact) mass is 431 g/mol. The number of carbonyl (C=O) groups excluding carboxylic acids is 1. The summed E-state index contributed by atoms with van der Waals surface area (Å²) in [4.78, 5) is 19.3. The smallest absolute Gasteiger partial charge is 0.255 e. The van der Waals surface area contributed by atoms with Crippen molar-refractivity contribution in [3.05, 3.63) is 57.0 Å². The number of likely N-dealkylation sites (tertiary alicyclic amines) is 1. The van der Waals surface area contributed by atoms with E-state index in [9.17, 15) is 4.79 Å². The van der Waals surface area contributed by atoms with E-state index in [4.69, 9.17) is 4.52 Å². The van der Waals surface area contributed by atoms with Crippen molar-refractivity contribution in [1.82, 2.24) is 15.0 Å². The maximum atomic E-state index is 12.8. The fourth-order valence-electron chi connectivity index (χ4n) is 3.31. The summed E-state index contributed by atoms with van der Waals surface area (Å²) in [5.74, 6) is 1.70. The van der Waals surface area contributed by atoms with Gasteiger partial charge < -0.3 is 9.42 Å². The minimum Gasteiger partial charge on any atom is -0.339 e. The quantitative estimate of drug-likeness (QED) is 0.602. The molecule has 0 aliphatic carbocycles. The Hall–Kier alpha value is -1.99. The fraction of sp³-hybridized carbons (Fsp3) is 0.316. The van der Waals surface area contributed by atoms with Crippen LogP contribution < -0.4 is 0 Å². The van der Waals surface area contributed by atoms with Crippen molar-refractivity contribution in [1.29, 1.82) is 0 Å². The van der Waals surface area contributed by atoms with Gasteiger partial charge in [0.05, 0.1) is 5.56 Å². The number of nitrogens with zero attached hydrogens (tertiary/aromatic N) is 3. The van der Waals surface area contributed by atoms with Crippen molar-refractivity contribution < 1.29 is 9.32 Å².